The number of nitrogens with one attached hydrogen (secondary N) is 1. The van der Waals surface area contributed by atoms with E-state index < -0.39 is 5.97 Å². The van der Waals surface area contributed by atoms with Gasteiger partial charge in [0.15, 0.2) is 0 Å². The van der Waals surface area contributed by atoms with Gasteiger partial charge in [-0.05, 0) is 38.5 Å². The molecule has 1 heterocycles. The highest BCUT2D eigenvalue weighted by Gasteiger charge is 2.37. The quantitative estimate of drug-likeness (QED) is 0.875. The van der Waals surface area contributed by atoms with Crippen molar-refractivity contribution in [2.45, 2.75) is 38.8 Å². The van der Waals surface area contributed by atoms with Gasteiger partial charge in [0.05, 0.1) is 12.5 Å². The summed E-state index contributed by atoms with van der Waals surface area (Å²) in [6, 6.07) is 8.27. The average Bonchev–Trinajstić information content (AvgIpc) is 2.26. The third-order valence-electron chi connectivity index (χ3n) is 3.64. The number of nitrogens with zero attached hydrogens (tertiary/aromatic N) is 1. The van der Waals surface area contributed by atoms with E-state index in [9.17, 15) is 4.79 Å². The molecular weight excluding hydrogens is 240 g/mol. The van der Waals surface area contributed by atoms with Crippen molar-refractivity contribution >= 4 is 11.7 Å². The van der Waals surface area contributed by atoms with Crippen LogP contribution in [-0.4, -0.2) is 35.7 Å². The smallest absolute Gasteiger partial charge is 0.305 e. The highest BCUT2D eigenvalue weighted by Crippen LogP contribution is 2.30. The molecule has 0 spiro atoms. The third-order valence-corrected chi connectivity index (χ3v) is 3.64. The van der Waals surface area contributed by atoms with E-state index in [1.165, 1.54) is 5.56 Å². The molecule has 1 aliphatic rings. The van der Waals surface area contributed by atoms with Crippen molar-refractivity contribution in [3.05, 3.63) is 29.8 Å². The molecule has 0 bridgehead atoms. The molecule has 1 aromatic carbocycles. The van der Waals surface area contributed by atoms with Gasteiger partial charge < -0.3 is 15.3 Å². The molecule has 4 heteroatoms. The van der Waals surface area contributed by atoms with Gasteiger partial charge in [-0.2, -0.15) is 0 Å². The summed E-state index contributed by atoms with van der Waals surface area (Å²) < 4.78 is 0. The lowest BCUT2D eigenvalue weighted by Crippen LogP contribution is -2.63. The van der Waals surface area contributed by atoms with Gasteiger partial charge in [0.1, 0.15) is 0 Å². The van der Waals surface area contributed by atoms with Crippen molar-refractivity contribution in [1.82, 2.24) is 5.32 Å². The molecule has 19 heavy (non-hydrogen) atoms. The number of carbonyl (C=O) groups is 1. The number of benzene rings is 1. The van der Waals surface area contributed by atoms with E-state index >= 15 is 0 Å². The van der Waals surface area contributed by atoms with Gasteiger partial charge in [-0.3, -0.25) is 4.79 Å². The van der Waals surface area contributed by atoms with Crippen molar-refractivity contribution < 1.29 is 9.90 Å². The van der Waals surface area contributed by atoms with E-state index in [0.29, 0.717) is 6.54 Å². The summed E-state index contributed by atoms with van der Waals surface area (Å²) in [4.78, 5) is 13.3. The third kappa shape index (κ3) is 3.07. The number of hydrogen-bond donors (Lipinski definition) is 2. The normalized spacial score (nSPS) is 22.3. The van der Waals surface area contributed by atoms with Crippen LogP contribution in [0.4, 0.5) is 5.69 Å². The second kappa shape index (κ2) is 5.21. The second-order valence-electron chi connectivity index (χ2n) is 5.90. The Hall–Kier alpha value is -1.55. The highest BCUT2D eigenvalue weighted by molar-refractivity contribution is 5.69. The average molecular weight is 262 g/mol. The van der Waals surface area contributed by atoms with Crippen LogP contribution in [-0.2, 0) is 4.79 Å². The monoisotopic (exact) mass is 262 g/mol. The lowest BCUT2D eigenvalue weighted by atomic mass is 9.93. The lowest BCUT2D eigenvalue weighted by molar-refractivity contribution is -0.137. The predicted molar refractivity (Wildman–Crippen MR) is 76.6 cm³/mol. The molecule has 4 nitrogen and oxygen atoms in total. The fraction of sp³-hybridized carbons (Fsp3) is 0.533. The summed E-state index contributed by atoms with van der Waals surface area (Å²) in [5, 5.41) is 12.4. The molecular formula is C15H22N2O2. The summed E-state index contributed by atoms with van der Waals surface area (Å²) >= 11 is 0. The van der Waals surface area contributed by atoms with Gasteiger partial charge in [-0.1, -0.05) is 12.1 Å². The maximum absolute atomic E-state index is 11.1. The fourth-order valence-corrected chi connectivity index (χ4v) is 2.92. The van der Waals surface area contributed by atoms with Crippen LogP contribution in [0.5, 0.6) is 0 Å². The molecule has 0 saturated carbocycles. The van der Waals surface area contributed by atoms with Crippen LogP contribution in [0.15, 0.2) is 24.3 Å². The number of aliphatic carboxylic acids is 1. The van der Waals surface area contributed by atoms with Gasteiger partial charge >= 0.3 is 5.97 Å². The van der Waals surface area contributed by atoms with E-state index in [-0.39, 0.29) is 18.0 Å². The molecule has 1 unspecified atom stereocenters. The standard InChI is InChI=1S/C15H22N2O2/c1-11-5-4-6-12(7-11)17-13(8-14(18)19)9-16-10-15(17,2)3/h4-7,13,16H,8-10H2,1-3H3,(H,18,19). The van der Waals surface area contributed by atoms with E-state index in [4.69, 9.17) is 5.11 Å². The van der Waals surface area contributed by atoms with Gasteiger partial charge in [0, 0.05) is 24.3 Å². The van der Waals surface area contributed by atoms with Crippen molar-refractivity contribution in [3.8, 4) is 0 Å². The lowest BCUT2D eigenvalue weighted by Gasteiger charge is -2.49. The first-order chi connectivity index (χ1) is 8.90. The number of aryl methyl sites for hydroxylation is 1. The molecule has 1 aliphatic heterocycles. The predicted octanol–water partition coefficient (Wildman–Crippen LogP) is 2.03. The number of piperazine rings is 1. The van der Waals surface area contributed by atoms with E-state index in [1.807, 2.05) is 6.07 Å². The van der Waals surface area contributed by atoms with Crippen LogP contribution < -0.4 is 10.2 Å². The van der Waals surface area contributed by atoms with E-state index in [1.54, 1.807) is 0 Å². The topological polar surface area (TPSA) is 52.6 Å². The summed E-state index contributed by atoms with van der Waals surface area (Å²) in [6.07, 6.45) is 0.157. The molecule has 104 valence electrons. The second-order valence-corrected chi connectivity index (χ2v) is 5.90. The minimum atomic E-state index is -0.748. The van der Waals surface area contributed by atoms with Crippen molar-refractivity contribution in [2.75, 3.05) is 18.0 Å². The van der Waals surface area contributed by atoms with Gasteiger partial charge in [-0.15, -0.1) is 0 Å². The zero-order chi connectivity index (χ0) is 14.0. The zero-order valence-electron chi connectivity index (χ0n) is 11.8. The number of carboxylic acids is 1. The first kappa shape index (κ1) is 13.9. The Bertz CT molecular complexity index is 471. The molecule has 2 N–H and O–H groups in total. The Balaban J connectivity index is 2.36. The molecule has 1 fully saturated rings. The molecule has 0 aliphatic carbocycles. The minimum Gasteiger partial charge on any atom is -0.481 e. The van der Waals surface area contributed by atoms with Crippen LogP contribution in [0.3, 0.4) is 0 Å². The molecule has 0 amide bonds. The first-order valence-corrected chi connectivity index (χ1v) is 6.69. The molecule has 0 aromatic heterocycles. The summed E-state index contributed by atoms with van der Waals surface area (Å²) in [5.41, 5.74) is 2.21. The summed E-state index contributed by atoms with van der Waals surface area (Å²) in [5.74, 6) is -0.748. The maximum atomic E-state index is 11.1. The molecule has 2 rings (SSSR count). The number of hydrogen-bond acceptors (Lipinski definition) is 3. The maximum Gasteiger partial charge on any atom is 0.305 e. The SMILES string of the molecule is Cc1cccc(N2C(CC(=O)O)CNCC2(C)C)c1. The van der Waals surface area contributed by atoms with Crippen molar-refractivity contribution in [3.63, 3.8) is 0 Å². The summed E-state index contributed by atoms with van der Waals surface area (Å²) in [6.45, 7) is 7.93. The Morgan fingerprint density at radius 1 is 1.53 bits per heavy atom. The molecule has 1 saturated heterocycles. The van der Waals surface area contributed by atoms with Gasteiger partial charge in [-0.25, -0.2) is 0 Å². The van der Waals surface area contributed by atoms with Crippen LogP contribution in [0.25, 0.3) is 0 Å². The first-order valence-electron chi connectivity index (χ1n) is 6.69. The number of anilines is 1. The Morgan fingerprint density at radius 3 is 2.89 bits per heavy atom. The van der Waals surface area contributed by atoms with Crippen LogP contribution in [0.2, 0.25) is 0 Å². The van der Waals surface area contributed by atoms with Crippen molar-refractivity contribution in [2.24, 2.45) is 0 Å². The van der Waals surface area contributed by atoms with Gasteiger partial charge in [0.25, 0.3) is 0 Å². The number of rotatable bonds is 3. The van der Waals surface area contributed by atoms with E-state index in [2.05, 4.69) is 49.2 Å². The molecule has 0 radical (unpaired) electrons. The molecule has 1 atom stereocenters. The summed E-state index contributed by atoms with van der Waals surface area (Å²) in [7, 11) is 0. The van der Waals surface area contributed by atoms with E-state index in [0.717, 1.165) is 12.2 Å². The zero-order valence-corrected chi connectivity index (χ0v) is 11.8. The van der Waals surface area contributed by atoms with Crippen LogP contribution in [0, 0.1) is 6.92 Å². The van der Waals surface area contributed by atoms with Gasteiger partial charge in [0.2, 0.25) is 0 Å². The van der Waals surface area contributed by atoms with Crippen LogP contribution in [0.1, 0.15) is 25.8 Å². The van der Waals surface area contributed by atoms with Crippen LogP contribution >= 0.6 is 0 Å². The largest absolute Gasteiger partial charge is 0.481 e. The highest BCUT2D eigenvalue weighted by atomic mass is 16.4. The minimum absolute atomic E-state index is 0.0111. The molecule has 1 aromatic rings. The fourth-order valence-electron chi connectivity index (χ4n) is 2.92. The number of carboxylic acid groups (broad SMARTS) is 1. The Morgan fingerprint density at radius 2 is 2.26 bits per heavy atom. The Labute approximate surface area is 114 Å². The van der Waals surface area contributed by atoms with Crippen molar-refractivity contribution in [1.29, 1.82) is 0 Å². The Kier molecular flexibility index (Phi) is 3.80.